The minimum Gasteiger partial charge on any atom is -0.497 e. The maximum absolute atomic E-state index is 12.9. The Morgan fingerprint density at radius 2 is 1.87 bits per heavy atom. The van der Waals surface area contributed by atoms with Gasteiger partial charge in [-0.2, -0.15) is 8.42 Å². The smallest absolute Gasteiger partial charge is 0.284 e. The number of rotatable bonds is 7. The van der Waals surface area contributed by atoms with E-state index in [-0.39, 0.29) is 22.5 Å². The summed E-state index contributed by atoms with van der Waals surface area (Å²) in [6.45, 7) is 3.77. The molecular weight excluding hydrogens is 504 g/mol. The standard InChI is InChI=1S/C21H19BrN2O5S2/c1-4-11-24-20(25)19(12-14-5-8-16(28-2)13-18(14)29-3)30-21(24)23-31(26,27)17-9-6-15(22)7-10-17/h4-10,12-13H,1,11H2,2-3H3. The molecule has 0 radical (unpaired) electrons. The number of nitrogens with zero attached hydrogens (tertiary/aromatic N) is 2. The Morgan fingerprint density at radius 3 is 2.48 bits per heavy atom. The Bertz CT molecular complexity index is 1170. The van der Waals surface area contributed by atoms with E-state index in [1.54, 1.807) is 43.5 Å². The van der Waals surface area contributed by atoms with Crippen molar-refractivity contribution in [2.75, 3.05) is 20.8 Å². The van der Waals surface area contributed by atoms with Gasteiger partial charge in [0.1, 0.15) is 11.5 Å². The molecule has 0 atom stereocenters. The number of amides is 1. The van der Waals surface area contributed by atoms with Crippen molar-refractivity contribution in [3.05, 3.63) is 70.1 Å². The van der Waals surface area contributed by atoms with Crippen LogP contribution in [0.3, 0.4) is 0 Å². The normalized spacial score (nSPS) is 16.7. The fourth-order valence-electron chi connectivity index (χ4n) is 2.71. The quantitative estimate of drug-likeness (QED) is 0.397. The fourth-order valence-corrected chi connectivity index (χ4v) is 5.15. The van der Waals surface area contributed by atoms with E-state index < -0.39 is 10.0 Å². The van der Waals surface area contributed by atoms with Crippen LogP contribution in [0.25, 0.3) is 6.08 Å². The second kappa shape index (κ2) is 9.71. The first-order valence-corrected chi connectivity index (χ1v) is 12.0. The van der Waals surface area contributed by atoms with Gasteiger partial charge in [-0.3, -0.25) is 9.69 Å². The topological polar surface area (TPSA) is 85.3 Å². The summed E-state index contributed by atoms with van der Waals surface area (Å²) in [6.07, 6.45) is 3.15. The van der Waals surface area contributed by atoms with Crippen molar-refractivity contribution in [3.8, 4) is 11.5 Å². The van der Waals surface area contributed by atoms with Crippen LogP contribution in [0.15, 0.2) is 73.8 Å². The lowest BCUT2D eigenvalue weighted by Gasteiger charge is -2.12. The minimum absolute atomic E-state index is 0.0315. The Morgan fingerprint density at radius 1 is 1.16 bits per heavy atom. The van der Waals surface area contributed by atoms with Gasteiger partial charge in [-0.25, -0.2) is 0 Å². The molecule has 0 spiro atoms. The van der Waals surface area contributed by atoms with Gasteiger partial charge in [-0.1, -0.05) is 22.0 Å². The van der Waals surface area contributed by atoms with Gasteiger partial charge < -0.3 is 9.47 Å². The highest BCUT2D eigenvalue weighted by molar-refractivity contribution is 9.10. The summed E-state index contributed by atoms with van der Waals surface area (Å²) in [7, 11) is -0.941. The molecule has 0 N–H and O–H groups in total. The zero-order chi connectivity index (χ0) is 22.6. The highest BCUT2D eigenvalue weighted by Crippen LogP contribution is 2.36. The van der Waals surface area contributed by atoms with Crippen molar-refractivity contribution in [1.29, 1.82) is 0 Å². The number of amidine groups is 1. The van der Waals surface area contributed by atoms with Crippen molar-refractivity contribution in [1.82, 2.24) is 4.90 Å². The highest BCUT2D eigenvalue weighted by Gasteiger charge is 2.34. The van der Waals surface area contributed by atoms with Gasteiger partial charge in [-0.15, -0.1) is 11.0 Å². The van der Waals surface area contributed by atoms with Crippen LogP contribution < -0.4 is 9.47 Å². The molecule has 162 valence electrons. The number of carbonyl (C=O) groups excluding carboxylic acids is 1. The summed E-state index contributed by atoms with van der Waals surface area (Å²) < 4.78 is 40.8. The number of hydrogen-bond acceptors (Lipinski definition) is 6. The van der Waals surface area contributed by atoms with E-state index in [4.69, 9.17) is 9.47 Å². The second-order valence-corrected chi connectivity index (χ2v) is 9.75. The van der Waals surface area contributed by atoms with Gasteiger partial charge in [0, 0.05) is 22.6 Å². The molecule has 0 aliphatic carbocycles. The largest absolute Gasteiger partial charge is 0.497 e. The van der Waals surface area contributed by atoms with Crippen molar-refractivity contribution >= 4 is 54.9 Å². The number of ether oxygens (including phenoxy) is 2. The third-order valence-electron chi connectivity index (χ3n) is 4.24. The molecule has 10 heteroatoms. The Hall–Kier alpha value is -2.56. The molecule has 0 aromatic heterocycles. The van der Waals surface area contributed by atoms with Crippen LogP contribution in [0.5, 0.6) is 11.5 Å². The number of benzene rings is 2. The number of thioether (sulfide) groups is 1. The van der Waals surface area contributed by atoms with Crippen molar-refractivity contribution < 1.29 is 22.7 Å². The first-order valence-electron chi connectivity index (χ1n) is 8.94. The van der Waals surface area contributed by atoms with Crippen molar-refractivity contribution in [3.63, 3.8) is 0 Å². The fraction of sp³-hybridized carbons (Fsp3) is 0.143. The monoisotopic (exact) mass is 522 g/mol. The average molecular weight is 523 g/mol. The number of hydrogen-bond donors (Lipinski definition) is 0. The van der Waals surface area contributed by atoms with E-state index in [2.05, 4.69) is 26.9 Å². The molecule has 0 bridgehead atoms. The third kappa shape index (κ3) is 5.20. The Kier molecular flexibility index (Phi) is 7.24. The van der Waals surface area contributed by atoms with Gasteiger partial charge in [-0.05, 0) is 54.2 Å². The maximum atomic E-state index is 12.9. The lowest BCUT2D eigenvalue weighted by atomic mass is 10.1. The van der Waals surface area contributed by atoms with Crippen LogP contribution in [0.2, 0.25) is 0 Å². The first kappa shape index (κ1) is 23.1. The minimum atomic E-state index is -4.00. The number of methoxy groups -OCH3 is 2. The molecule has 2 aromatic carbocycles. The van der Waals surface area contributed by atoms with Crippen LogP contribution in [-0.2, 0) is 14.8 Å². The summed E-state index contributed by atoms with van der Waals surface area (Å²) in [5, 5.41) is 0.0616. The molecule has 1 amide bonds. The predicted molar refractivity (Wildman–Crippen MR) is 126 cm³/mol. The van der Waals surface area contributed by atoms with Crippen LogP contribution in [0.4, 0.5) is 0 Å². The summed E-state index contributed by atoms with van der Waals surface area (Å²) in [5.74, 6) is 0.761. The summed E-state index contributed by atoms with van der Waals surface area (Å²) in [4.78, 5) is 14.6. The molecule has 1 heterocycles. The van der Waals surface area contributed by atoms with Crippen molar-refractivity contribution in [2.45, 2.75) is 4.90 Å². The average Bonchev–Trinajstić information content (AvgIpc) is 3.03. The third-order valence-corrected chi connectivity index (χ3v) is 7.17. The lowest BCUT2D eigenvalue weighted by Crippen LogP contribution is -2.29. The van der Waals surface area contributed by atoms with Gasteiger partial charge in [0.2, 0.25) is 0 Å². The van der Waals surface area contributed by atoms with Crippen LogP contribution in [0.1, 0.15) is 5.56 Å². The second-order valence-electron chi connectivity index (χ2n) is 6.23. The molecule has 1 saturated heterocycles. The summed E-state index contributed by atoms with van der Waals surface area (Å²) >= 11 is 4.25. The highest BCUT2D eigenvalue weighted by atomic mass is 79.9. The van der Waals surface area contributed by atoms with E-state index in [0.29, 0.717) is 22.0 Å². The molecule has 3 rings (SSSR count). The molecule has 1 fully saturated rings. The first-order chi connectivity index (χ1) is 14.8. The van der Waals surface area contributed by atoms with Gasteiger partial charge in [0.25, 0.3) is 15.9 Å². The van der Waals surface area contributed by atoms with E-state index in [1.165, 1.54) is 30.2 Å². The molecule has 0 saturated carbocycles. The van der Waals surface area contributed by atoms with Gasteiger partial charge in [0.15, 0.2) is 5.17 Å². The molecule has 1 aliphatic heterocycles. The molecule has 7 nitrogen and oxygen atoms in total. The Balaban J connectivity index is 2.01. The van der Waals surface area contributed by atoms with Crippen molar-refractivity contribution in [2.24, 2.45) is 4.40 Å². The summed E-state index contributed by atoms with van der Waals surface area (Å²) in [6, 6.07) is 11.3. The van der Waals surface area contributed by atoms with E-state index in [1.807, 2.05) is 0 Å². The predicted octanol–water partition coefficient (Wildman–Crippen LogP) is 4.31. The molecule has 2 aromatic rings. The molecule has 0 unspecified atom stereocenters. The van der Waals surface area contributed by atoms with Gasteiger partial charge >= 0.3 is 0 Å². The lowest BCUT2D eigenvalue weighted by molar-refractivity contribution is -0.121. The number of halogens is 1. The molecule has 31 heavy (non-hydrogen) atoms. The maximum Gasteiger partial charge on any atom is 0.284 e. The number of carbonyl (C=O) groups is 1. The van der Waals surface area contributed by atoms with E-state index >= 15 is 0 Å². The zero-order valence-electron chi connectivity index (χ0n) is 16.7. The van der Waals surface area contributed by atoms with E-state index in [9.17, 15) is 13.2 Å². The Labute approximate surface area is 193 Å². The number of sulfonamides is 1. The van der Waals surface area contributed by atoms with Crippen LogP contribution in [0, 0.1) is 0 Å². The van der Waals surface area contributed by atoms with Gasteiger partial charge in [0.05, 0.1) is 24.0 Å². The summed E-state index contributed by atoms with van der Waals surface area (Å²) in [5.41, 5.74) is 0.648. The molecular formula is C21H19BrN2O5S2. The molecule has 1 aliphatic rings. The van der Waals surface area contributed by atoms with Crippen LogP contribution >= 0.6 is 27.7 Å². The SMILES string of the molecule is C=CCN1C(=O)C(=Cc2ccc(OC)cc2OC)SC1=NS(=O)(=O)c1ccc(Br)cc1. The zero-order valence-corrected chi connectivity index (χ0v) is 20.0. The van der Waals surface area contributed by atoms with E-state index in [0.717, 1.165) is 16.2 Å². The van der Waals surface area contributed by atoms with Crippen LogP contribution in [-0.4, -0.2) is 45.2 Å².